The Hall–Kier alpha value is -1.75. The molecule has 124 valence electrons. The maximum absolute atomic E-state index is 12.1. The summed E-state index contributed by atoms with van der Waals surface area (Å²) in [6, 6.07) is 9.59. The van der Waals surface area contributed by atoms with Crippen LogP contribution in [0.4, 0.5) is 0 Å². The number of benzene rings is 2. The molecule has 1 aliphatic heterocycles. The molecule has 24 heavy (non-hydrogen) atoms. The lowest BCUT2D eigenvalue weighted by Crippen LogP contribution is -2.29. The molecule has 7 heteroatoms. The lowest BCUT2D eigenvalue weighted by molar-refractivity contribution is -0.149. The molecule has 0 saturated carbocycles. The molecule has 0 saturated heterocycles. The molecule has 0 fully saturated rings. The fourth-order valence-electron chi connectivity index (χ4n) is 2.33. The Morgan fingerprint density at radius 2 is 1.88 bits per heavy atom. The quantitative estimate of drug-likeness (QED) is 0.579. The number of Topliss-reactive ketones (excluding diaryl/α,β-unsaturated/α-hetero) is 1. The fraction of sp³-hybridized carbons (Fsp3) is 0.176. The lowest BCUT2D eigenvalue weighted by Gasteiger charge is -2.10. The first-order valence-electron chi connectivity index (χ1n) is 7.04. The molecule has 4 nitrogen and oxygen atoms in total. The molecule has 3 rings (SSSR count). The molecule has 0 bridgehead atoms. The van der Waals surface area contributed by atoms with E-state index in [0.717, 1.165) is 5.56 Å². The van der Waals surface area contributed by atoms with E-state index in [1.165, 1.54) is 18.2 Å². The van der Waals surface area contributed by atoms with Crippen LogP contribution in [0, 0.1) is 0 Å². The number of hydrogen-bond acceptors (Lipinski definition) is 4. The first-order chi connectivity index (χ1) is 11.4. The normalized spacial score (nSPS) is 15.5. The second-order valence-electron chi connectivity index (χ2n) is 5.22. The Balaban J connectivity index is 1.58. The van der Waals surface area contributed by atoms with Gasteiger partial charge in [-0.2, -0.15) is 0 Å². The van der Waals surface area contributed by atoms with Crippen molar-refractivity contribution in [1.29, 1.82) is 0 Å². The summed E-state index contributed by atoms with van der Waals surface area (Å²) in [6.45, 7) is -0.395. The zero-order valence-electron chi connectivity index (χ0n) is 12.2. The van der Waals surface area contributed by atoms with Crippen LogP contribution in [-0.4, -0.2) is 24.5 Å². The van der Waals surface area contributed by atoms with E-state index >= 15 is 0 Å². The van der Waals surface area contributed by atoms with Gasteiger partial charge in [0.05, 0.1) is 10.0 Å². The zero-order valence-corrected chi connectivity index (χ0v) is 14.5. The Morgan fingerprint density at radius 1 is 1.08 bits per heavy atom. The van der Waals surface area contributed by atoms with Gasteiger partial charge in [-0.1, -0.05) is 34.8 Å². The minimum atomic E-state index is -0.778. The van der Waals surface area contributed by atoms with Gasteiger partial charge in [-0.15, -0.1) is 0 Å². The average Bonchev–Trinajstić information content (AvgIpc) is 2.98. The number of rotatable bonds is 4. The van der Waals surface area contributed by atoms with Gasteiger partial charge >= 0.3 is 5.97 Å². The highest BCUT2D eigenvalue weighted by Gasteiger charge is 2.31. The van der Waals surface area contributed by atoms with Crippen LogP contribution in [0.3, 0.4) is 0 Å². The van der Waals surface area contributed by atoms with Crippen molar-refractivity contribution in [2.75, 3.05) is 6.61 Å². The number of carbonyl (C=O) groups is 2. The van der Waals surface area contributed by atoms with Crippen molar-refractivity contribution in [2.24, 2.45) is 0 Å². The summed E-state index contributed by atoms with van der Waals surface area (Å²) < 4.78 is 10.6. The first-order valence-corrected chi connectivity index (χ1v) is 8.17. The number of ether oxygens (including phenoxy) is 2. The second kappa shape index (κ2) is 7.01. The van der Waals surface area contributed by atoms with Gasteiger partial charge in [-0.05, 0) is 42.0 Å². The molecule has 0 aliphatic carbocycles. The van der Waals surface area contributed by atoms with Gasteiger partial charge in [-0.3, -0.25) is 4.79 Å². The molecular formula is C17H11Cl3O4. The molecular weight excluding hydrogens is 375 g/mol. The summed E-state index contributed by atoms with van der Waals surface area (Å²) in [6.07, 6.45) is -0.421. The number of hydrogen-bond donors (Lipinski definition) is 0. The Labute approximate surface area is 153 Å². The number of ketones is 1. The summed E-state index contributed by atoms with van der Waals surface area (Å²) in [5.41, 5.74) is 1.15. The summed E-state index contributed by atoms with van der Waals surface area (Å²) in [5, 5.41) is 1.18. The van der Waals surface area contributed by atoms with Gasteiger partial charge in [0.1, 0.15) is 5.75 Å². The average molecular weight is 386 g/mol. The van der Waals surface area contributed by atoms with E-state index in [4.69, 9.17) is 44.3 Å². The van der Waals surface area contributed by atoms with Crippen molar-refractivity contribution >= 4 is 46.6 Å². The van der Waals surface area contributed by atoms with E-state index in [1.54, 1.807) is 18.2 Å². The molecule has 1 heterocycles. The minimum absolute atomic E-state index is 0.264. The van der Waals surface area contributed by atoms with E-state index < -0.39 is 18.7 Å². The Bertz CT molecular complexity index is 819. The van der Waals surface area contributed by atoms with Crippen LogP contribution in [0.1, 0.15) is 15.9 Å². The predicted molar refractivity (Wildman–Crippen MR) is 91.3 cm³/mol. The lowest BCUT2D eigenvalue weighted by atomic mass is 10.1. The van der Waals surface area contributed by atoms with E-state index in [0.29, 0.717) is 27.8 Å². The third-order valence-corrected chi connectivity index (χ3v) is 4.52. The number of carbonyl (C=O) groups excluding carboxylic acids is 2. The monoisotopic (exact) mass is 384 g/mol. The van der Waals surface area contributed by atoms with Crippen LogP contribution in [0.5, 0.6) is 5.75 Å². The molecule has 0 radical (unpaired) electrons. The molecule has 1 aliphatic rings. The third-order valence-electron chi connectivity index (χ3n) is 3.55. The Kier molecular flexibility index (Phi) is 4.99. The second-order valence-corrected chi connectivity index (χ2v) is 6.47. The van der Waals surface area contributed by atoms with Crippen LogP contribution in [0.25, 0.3) is 0 Å². The van der Waals surface area contributed by atoms with Gasteiger partial charge < -0.3 is 9.47 Å². The smallest absolute Gasteiger partial charge is 0.348 e. The molecule has 0 amide bonds. The molecule has 0 N–H and O–H groups in total. The van der Waals surface area contributed by atoms with E-state index in [2.05, 4.69) is 0 Å². The van der Waals surface area contributed by atoms with E-state index in [1.807, 2.05) is 0 Å². The highest BCUT2D eigenvalue weighted by atomic mass is 35.5. The highest BCUT2D eigenvalue weighted by Crippen LogP contribution is 2.31. The third kappa shape index (κ3) is 3.66. The molecule has 0 aromatic heterocycles. The maximum atomic E-state index is 12.1. The summed E-state index contributed by atoms with van der Waals surface area (Å²) in [7, 11) is 0. The van der Waals surface area contributed by atoms with Crippen molar-refractivity contribution in [3.8, 4) is 5.75 Å². The van der Waals surface area contributed by atoms with Crippen molar-refractivity contribution in [3.63, 3.8) is 0 Å². The Morgan fingerprint density at radius 3 is 2.62 bits per heavy atom. The highest BCUT2D eigenvalue weighted by molar-refractivity contribution is 6.42. The zero-order chi connectivity index (χ0) is 17.3. The van der Waals surface area contributed by atoms with E-state index in [9.17, 15) is 9.59 Å². The van der Waals surface area contributed by atoms with Crippen molar-refractivity contribution in [3.05, 3.63) is 62.6 Å². The van der Waals surface area contributed by atoms with Crippen LogP contribution >= 0.6 is 34.8 Å². The molecule has 2 aromatic carbocycles. The molecule has 1 atom stereocenters. The summed E-state index contributed by atoms with van der Waals surface area (Å²) in [4.78, 5) is 24.1. The van der Waals surface area contributed by atoms with Gasteiger partial charge in [0, 0.05) is 17.0 Å². The van der Waals surface area contributed by atoms with Crippen LogP contribution in [-0.2, 0) is 16.0 Å². The van der Waals surface area contributed by atoms with Crippen molar-refractivity contribution in [2.45, 2.75) is 12.5 Å². The van der Waals surface area contributed by atoms with Gasteiger partial charge in [0.25, 0.3) is 0 Å². The number of esters is 1. The maximum Gasteiger partial charge on any atom is 0.348 e. The number of halogens is 3. The molecule has 1 unspecified atom stereocenters. The van der Waals surface area contributed by atoms with Gasteiger partial charge in [0.2, 0.25) is 0 Å². The van der Waals surface area contributed by atoms with Crippen molar-refractivity contribution in [1.82, 2.24) is 0 Å². The number of fused-ring (bicyclic) bond motifs is 1. The minimum Gasteiger partial charge on any atom is -0.478 e. The first kappa shape index (κ1) is 17.1. The fourth-order valence-corrected chi connectivity index (χ4v) is 2.82. The molecule has 0 spiro atoms. The van der Waals surface area contributed by atoms with E-state index in [-0.39, 0.29) is 10.8 Å². The summed E-state index contributed by atoms with van der Waals surface area (Å²) in [5.74, 6) is -0.381. The van der Waals surface area contributed by atoms with Crippen LogP contribution in [0.2, 0.25) is 15.1 Å². The largest absolute Gasteiger partial charge is 0.478 e. The van der Waals surface area contributed by atoms with Gasteiger partial charge in [-0.25, -0.2) is 4.79 Å². The van der Waals surface area contributed by atoms with Crippen LogP contribution < -0.4 is 4.74 Å². The molecule has 2 aromatic rings. The SMILES string of the molecule is O=C(COC(=O)C1Cc2cc(Cl)ccc2O1)c1ccc(Cl)c(Cl)c1. The van der Waals surface area contributed by atoms with Gasteiger partial charge in [0.15, 0.2) is 18.5 Å². The standard InChI is InChI=1S/C17H11Cl3O4/c18-11-2-4-15-10(5-11)7-16(24-15)17(22)23-8-14(21)9-1-3-12(19)13(20)6-9/h1-6,16H,7-8H2. The predicted octanol–water partition coefficient (Wildman–Crippen LogP) is 4.38. The van der Waals surface area contributed by atoms with Crippen LogP contribution in [0.15, 0.2) is 36.4 Å². The topological polar surface area (TPSA) is 52.6 Å². The van der Waals surface area contributed by atoms with Crippen molar-refractivity contribution < 1.29 is 19.1 Å². The summed E-state index contributed by atoms with van der Waals surface area (Å²) >= 11 is 17.6.